The van der Waals surface area contributed by atoms with Crippen molar-refractivity contribution in [3.05, 3.63) is 62.0 Å². The summed E-state index contributed by atoms with van der Waals surface area (Å²) in [6, 6.07) is 13.1. The maximum Gasteiger partial charge on any atom is 0.127 e. The number of hydrogen-bond acceptors (Lipinski definition) is 2. The highest BCUT2D eigenvalue weighted by Gasteiger charge is 2.22. The molecule has 2 aromatic rings. The van der Waals surface area contributed by atoms with Crippen LogP contribution in [0.2, 0.25) is 0 Å². The lowest BCUT2D eigenvalue weighted by atomic mass is 9.96. The molecular weight excluding hydrogens is 394 g/mol. The summed E-state index contributed by atoms with van der Waals surface area (Å²) in [5.41, 5.74) is 3.85. The van der Waals surface area contributed by atoms with Crippen LogP contribution in [0.4, 0.5) is 0 Å². The Bertz CT molecular complexity index is 640. The third-order valence-electron chi connectivity index (χ3n) is 3.85. The van der Waals surface area contributed by atoms with Crippen molar-refractivity contribution in [3.63, 3.8) is 0 Å². The number of hydrogen-bond donors (Lipinski definition) is 1. The van der Waals surface area contributed by atoms with E-state index in [4.69, 9.17) is 4.74 Å². The fourth-order valence-electron chi connectivity index (χ4n) is 2.78. The van der Waals surface area contributed by atoms with Gasteiger partial charge in [-0.15, -0.1) is 0 Å². The molecule has 1 aliphatic heterocycles. The first-order valence-corrected chi connectivity index (χ1v) is 8.63. The molecule has 1 aliphatic rings. The van der Waals surface area contributed by atoms with Gasteiger partial charge in [-0.1, -0.05) is 44.0 Å². The highest BCUT2D eigenvalue weighted by atomic mass is 79.9. The van der Waals surface area contributed by atoms with E-state index in [0.29, 0.717) is 0 Å². The zero-order valence-electron chi connectivity index (χ0n) is 11.8. The molecule has 0 spiro atoms. The highest BCUT2D eigenvalue weighted by molar-refractivity contribution is 9.10. The fourth-order valence-corrected chi connectivity index (χ4v) is 3.57. The van der Waals surface area contributed by atoms with E-state index in [-0.39, 0.29) is 6.04 Å². The van der Waals surface area contributed by atoms with Crippen molar-refractivity contribution >= 4 is 31.9 Å². The molecule has 21 heavy (non-hydrogen) atoms. The van der Waals surface area contributed by atoms with Gasteiger partial charge in [-0.25, -0.2) is 0 Å². The van der Waals surface area contributed by atoms with Crippen molar-refractivity contribution in [2.75, 3.05) is 13.7 Å². The Hall–Kier alpha value is -0.840. The van der Waals surface area contributed by atoms with E-state index in [9.17, 15) is 0 Å². The van der Waals surface area contributed by atoms with Gasteiger partial charge in [0.15, 0.2) is 0 Å². The second kappa shape index (κ2) is 6.51. The smallest absolute Gasteiger partial charge is 0.127 e. The Morgan fingerprint density at radius 2 is 1.90 bits per heavy atom. The number of halogens is 2. The van der Waals surface area contributed by atoms with E-state index < -0.39 is 0 Å². The maximum atomic E-state index is 5.86. The first-order valence-electron chi connectivity index (χ1n) is 7.04. The van der Waals surface area contributed by atoms with Crippen LogP contribution in [-0.2, 0) is 12.8 Å². The molecule has 1 atom stereocenters. The summed E-state index contributed by atoms with van der Waals surface area (Å²) in [4.78, 5) is 0. The third-order valence-corrected chi connectivity index (χ3v) is 4.84. The van der Waals surface area contributed by atoms with E-state index >= 15 is 0 Å². The molecule has 0 aliphatic carbocycles. The summed E-state index contributed by atoms with van der Waals surface area (Å²) >= 11 is 7.10. The first-order chi connectivity index (χ1) is 10.2. The van der Waals surface area contributed by atoms with Gasteiger partial charge in [-0.3, -0.25) is 0 Å². The zero-order valence-corrected chi connectivity index (χ0v) is 15.0. The minimum absolute atomic E-state index is 0.246. The van der Waals surface area contributed by atoms with Crippen molar-refractivity contribution in [1.82, 2.24) is 5.32 Å². The zero-order chi connectivity index (χ0) is 14.8. The monoisotopic (exact) mass is 409 g/mol. The molecule has 2 aromatic carbocycles. The number of nitrogens with one attached hydrogen (secondary N) is 1. The quantitative estimate of drug-likeness (QED) is 0.791. The molecule has 0 saturated heterocycles. The summed E-state index contributed by atoms with van der Waals surface area (Å²) in [7, 11) is 2.01. The predicted molar refractivity (Wildman–Crippen MR) is 93.0 cm³/mol. The number of ether oxygens (including phenoxy) is 1. The Labute approximate surface area is 142 Å². The molecule has 0 aromatic heterocycles. The molecule has 110 valence electrons. The van der Waals surface area contributed by atoms with Crippen LogP contribution >= 0.6 is 31.9 Å². The van der Waals surface area contributed by atoms with Crippen LogP contribution in [0.1, 0.15) is 22.7 Å². The van der Waals surface area contributed by atoms with E-state index in [2.05, 4.69) is 73.6 Å². The van der Waals surface area contributed by atoms with Gasteiger partial charge in [0.2, 0.25) is 0 Å². The van der Waals surface area contributed by atoms with Gasteiger partial charge in [-0.2, -0.15) is 0 Å². The van der Waals surface area contributed by atoms with Crippen molar-refractivity contribution in [2.24, 2.45) is 0 Å². The molecule has 0 bridgehead atoms. The minimum atomic E-state index is 0.246. The summed E-state index contributed by atoms with van der Waals surface area (Å²) in [5, 5.41) is 3.43. The van der Waals surface area contributed by atoms with Gasteiger partial charge < -0.3 is 10.1 Å². The maximum absolute atomic E-state index is 5.86. The lowest BCUT2D eigenvalue weighted by molar-refractivity contribution is 0.349. The first kappa shape index (κ1) is 15.1. The van der Waals surface area contributed by atoms with Crippen LogP contribution in [0.15, 0.2) is 45.3 Å². The normalized spacial score (nSPS) is 14.6. The Morgan fingerprint density at radius 1 is 1.14 bits per heavy atom. The average Bonchev–Trinajstić information content (AvgIpc) is 2.94. The van der Waals surface area contributed by atoms with Crippen molar-refractivity contribution in [3.8, 4) is 5.75 Å². The molecule has 0 amide bonds. The van der Waals surface area contributed by atoms with E-state index in [1.807, 2.05) is 7.05 Å². The topological polar surface area (TPSA) is 21.3 Å². The molecule has 0 saturated carbocycles. The molecule has 1 N–H and O–H groups in total. The Morgan fingerprint density at radius 3 is 2.62 bits per heavy atom. The Balaban J connectivity index is 1.91. The second-order valence-corrected chi connectivity index (χ2v) is 7.08. The second-order valence-electron chi connectivity index (χ2n) is 5.25. The van der Waals surface area contributed by atoms with Crippen LogP contribution in [-0.4, -0.2) is 13.7 Å². The molecule has 0 fully saturated rings. The van der Waals surface area contributed by atoms with E-state index in [1.165, 1.54) is 16.7 Å². The minimum Gasteiger partial charge on any atom is -0.493 e. The summed E-state index contributed by atoms with van der Waals surface area (Å²) in [6.07, 6.45) is 1.94. The van der Waals surface area contributed by atoms with Crippen LogP contribution in [0.5, 0.6) is 5.75 Å². The standard InChI is InChI=1S/C17H17Br2NO/c1-20-16(8-11-2-4-13(18)5-3-11)15-10-14(19)9-12-6-7-21-17(12)15/h2-5,9-10,16,20H,6-8H2,1H3. The number of fused-ring (bicyclic) bond motifs is 1. The number of rotatable bonds is 4. The Kier molecular flexibility index (Phi) is 4.67. The SMILES string of the molecule is CNC(Cc1ccc(Br)cc1)c1cc(Br)cc2c1OCC2. The van der Waals surface area contributed by atoms with Crippen molar-refractivity contribution in [2.45, 2.75) is 18.9 Å². The highest BCUT2D eigenvalue weighted by Crippen LogP contribution is 2.37. The molecule has 0 radical (unpaired) electrons. The average molecular weight is 411 g/mol. The lowest BCUT2D eigenvalue weighted by Crippen LogP contribution is -2.19. The third kappa shape index (κ3) is 3.33. The van der Waals surface area contributed by atoms with Gasteiger partial charge in [0.05, 0.1) is 6.61 Å². The van der Waals surface area contributed by atoms with Crippen LogP contribution in [0.25, 0.3) is 0 Å². The van der Waals surface area contributed by atoms with E-state index in [1.54, 1.807) is 0 Å². The summed E-state index contributed by atoms with van der Waals surface area (Å²) in [6.45, 7) is 0.785. The number of benzene rings is 2. The molecule has 2 nitrogen and oxygen atoms in total. The molecule has 3 rings (SSSR count). The molecular formula is C17H17Br2NO. The van der Waals surface area contributed by atoms with E-state index in [0.717, 1.165) is 34.1 Å². The van der Waals surface area contributed by atoms with Gasteiger partial charge in [0.1, 0.15) is 5.75 Å². The van der Waals surface area contributed by atoms with Crippen molar-refractivity contribution < 1.29 is 4.74 Å². The summed E-state index contributed by atoms with van der Waals surface area (Å²) in [5.74, 6) is 1.06. The largest absolute Gasteiger partial charge is 0.493 e. The summed E-state index contributed by atoms with van der Waals surface area (Å²) < 4.78 is 8.09. The van der Waals surface area contributed by atoms with Crippen LogP contribution in [0, 0.1) is 0 Å². The van der Waals surface area contributed by atoms with Gasteiger partial charge in [-0.05, 0) is 48.9 Å². The predicted octanol–water partition coefficient (Wildman–Crippen LogP) is 4.65. The van der Waals surface area contributed by atoms with Crippen LogP contribution in [0.3, 0.4) is 0 Å². The lowest BCUT2D eigenvalue weighted by Gasteiger charge is -2.20. The number of likely N-dealkylation sites (N-methyl/N-ethyl adjacent to an activating group) is 1. The van der Waals surface area contributed by atoms with Crippen molar-refractivity contribution in [1.29, 1.82) is 0 Å². The molecule has 4 heteroatoms. The van der Waals surface area contributed by atoms with Gasteiger partial charge >= 0.3 is 0 Å². The van der Waals surface area contributed by atoms with Gasteiger partial charge in [0.25, 0.3) is 0 Å². The van der Waals surface area contributed by atoms with Gasteiger partial charge in [0, 0.05) is 27.0 Å². The fraction of sp³-hybridized carbons (Fsp3) is 0.294. The molecule has 1 unspecified atom stereocenters. The molecule has 1 heterocycles. The van der Waals surface area contributed by atoms with Crippen LogP contribution < -0.4 is 10.1 Å².